The van der Waals surface area contributed by atoms with Crippen molar-refractivity contribution in [2.75, 3.05) is 6.61 Å². The summed E-state index contributed by atoms with van der Waals surface area (Å²) >= 11 is 0. The molecule has 0 spiro atoms. The first kappa shape index (κ1) is 25.5. The molecule has 192 valence electrons. The highest BCUT2D eigenvalue weighted by atomic mass is 16.6. The van der Waals surface area contributed by atoms with Crippen LogP contribution >= 0.6 is 0 Å². The van der Waals surface area contributed by atoms with Crippen molar-refractivity contribution in [2.24, 2.45) is 40.4 Å². The maximum Gasteiger partial charge on any atom is 0.312 e. The molecular formula is C28H44O6. The Morgan fingerprint density at radius 2 is 1.53 bits per heavy atom. The number of ether oxygens (including phenoxy) is 3. The van der Waals surface area contributed by atoms with Gasteiger partial charge in [-0.1, -0.05) is 6.92 Å². The predicted octanol–water partition coefficient (Wildman–Crippen LogP) is 5.46. The topological polar surface area (TPSA) is 78.9 Å². The summed E-state index contributed by atoms with van der Waals surface area (Å²) in [6.07, 6.45) is 7.27. The van der Waals surface area contributed by atoms with Gasteiger partial charge in [0.2, 0.25) is 0 Å². The molecule has 5 rings (SSSR count). The molecule has 0 aromatic rings. The molecule has 4 aliphatic carbocycles. The summed E-state index contributed by atoms with van der Waals surface area (Å²) in [5, 5.41) is 0. The molecule has 0 amide bonds. The Morgan fingerprint density at radius 1 is 0.971 bits per heavy atom. The first-order valence-corrected chi connectivity index (χ1v) is 13.3. The lowest BCUT2D eigenvalue weighted by atomic mass is 9.50. The smallest absolute Gasteiger partial charge is 0.312 e. The highest BCUT2D eigenvalue weighted by molar-refractivity contribution is 5.81. The minimum Gasteiger partial charge on any atom is -0.465 e. The third-order valence-electron chi connectivity index (χ3n) is 9.93. The van der Waals surface area contributed by atoms with E-state index in [0.717, 1.165) is 11.8 Å². The first-order chi connectivity index (χ1) is 15.7. The fourth-order valence-corrected chi connectivity index (χ4v) is 7.42. The van der Waals surface area contributed by atoms with Crippen molar-refractivity contribution in [3.05, 3.63) is 0 Å². The van der Waals surface area contributed by atoms with Gasteiger partial charge in [-0.3, -0.25) is 14.4 Å². The molecule has 0 N–H and O–H groups in total. The Hall–Kier alpha value is -1.59. The van der Waals surface area contributed by atoms with Crippen molar-refractivity contribution in [1.29, 1.82) is 0 Å². The van der Waals surface area contributed by atoms with Crippen LogP contribution in [0.1, 0.15) is 99.8 Å². The standard InChI is InChI=1S/C28H44O6/c1-8-27(6,16-25(2,3)23(30)33-26(4,5)21-14-22(29)32-15-21)24(31)34-28(7)19-10-17-9-18(12-19)13-20(28)11-17/h17-21H,8-16H2,1-7H3. The molecule has 6 nitrogen and oxygen atoms in total. The number of carbonyl (C=O) groups is 3. The number of esters is 3. The third kappa shape index (κ3) is 4.51. The van der Waals surface area contributed by atoms with Gasteiger partial charge in [0, 0.05) is 5.92 Å². The molecule has 4 bridgehead atoms. The van der Waals surface area contributed by atoms with Crippen LogP contribution in [0.5, 0.6) is 0 Å². The van der Waals surface area contributed by atoms with Crippen molar-refractivity contribution in [3.63, 3.8) is 0 Å². The first-order valence-electron chi connectivity index (χ1n) is 13.3. The van der Waals surface area contributed by atoms with Crippen molar-refractivity contribution < 1.29 is 28.6 Å². The fraction of sp³-hybridized carbons (Fsp3) is 0.893. The summed E-state index contributed by atoms with van der Waals surface area (Å²) in [7, 11) is 0. The average molecular weight is 477 g/mol. The van der Waals surface area contributed by atoms with Gasteiger partial charge in [0.1, 0.15) is 11.2 Å². The lowest BCUT2D eigenvalue weighted by Gasteiger charge is -2.59. The van der Waals surface area contributed by atoms with Gasteiger partial charge in [0.25, 0.3) is 0 Å². The molecule has 0 radical (unpaired) electrons. The molecule has 4 saturated carbocycles. The van der Waals surface area contributed by atoms with E-state index in [1.165, 1.54) is 32.1 Å². The van der Waals surface area contributed by atoms with Crippen LogP contribution in [-0.4, -0.2) is 35.7 Å². The third-order valence-corrected chi connectivity index (χ3v) is 9.93. The van der Waals surface area contributed by atoms with E-state index in [9.17, 15) is 14.4 Å². The van der Waals surface area contributed by atoms with Gasteiger partial charge in [-0.2, -0.15) is 0 Å². The van der Waals surface area contributed by atoms with Crippen LogP contribution in [-0.2, 0) is 28.6 Å². The van der Waals surface area contributed by atoms with Crippen LogP contribution < -0.4 is 0 Å². The van der Waals surface area contributed by atoms with E-state index in [1.54, 1.807) is 0 Å². The van der Waals surface area contributed by atoms with E-state index in [2.05, 4.69) is 6.92 Å². The van der Waals surface area contributed by atoms with E-state index in [0.29, 0.717) is 24.7 Å². The normalized spacial score (nSPS) is 36.7. The Kier molecular flexibility index (Phi) is 6.39. The number of cyclic esters (lactones) is 1. The summed E-state index contributed by atoms with van der Waals surface area (Å²) in [5.74, 6) is 1.58. The molecule has 1 aliphatic heterocycles. The Labute approximate surface area is 204 Å². The quantitative estimate of drug-likeness (QED) is 0.342. The van der Waals surface area contributed by atoms with E-state index >= 15 is 0 Å². The molecule has 1 heterocycles. The van der Waals surface area contributed by atoms with Crippen molar-refractivity contribution in [1.82, 2.24) is 0 Å². The zero-order chi connectivity index (χ0) is 25.1. The van der Waals surface area contributed by atoms with Crippen LogP contribution in [0, 0.1) is 40.4 Å². The Morgan fingerprint density at radius 3 is 2.00 bits per heavy atom. The van der Waals surface area contributed by atoms with Gasteiger partial charge < -0.3 is 14.2 Å². The van der Waals surface area contributed by atoms with Crippen LogP contribution in [0.2, 0.25) is 0 Å². The lowest BCUT2D eigenvalue weighted by molar-refractivity contribution is -0.214. The van der Waals surface area contributed by atoms with Crippen molar-refractivity contribution >= 4 is 17.9 Å². The van der Waals surface area contributed by atoms with Gasteiger partial charge in [0.15, 0.2) is 0 Å². The van der Waals surface area contributed by atoms with Crippen molar-refractivity contribution in [3.8, 4) is 0 Å². The van der Waals surface area contributed by atoms with E-state index < -0.39 is 16.4 Å². The Bertz CT molecular complexity index is 814. The molecule has 5 aliphatic rings. The number of hydrogen-bond acceptors (Lipinski definition) is 6. The Balaban J connectivity index is 1.43. The van der Waals surface area contributed by atoms with Gasteiger partial charge in [-0.15, -0.1) is 0 Å². The molecule has 5 fully saturated rings. The molecule has 6 heteroatoms. The molecule has 34 heavy (non-hydrogen) atoms. The van der Waals surface area contributed by atoms with E-state index in [-0.39, 0.29) is 42.5 Å². The lowest BCUT2D eigenvalue weighted by Crippen LogP contribution is -2.59. The fourth-order valence-electron chi connectivity index (χ4n) is 7.42. The van der Waals surface area contributed by atoms with Gasteiger partial charge in [0.05, 0.1) is 23.9 Å². The molecule has 1 saturated heterocycles. The van der Waals surface area contributed by atoms with E-state index in [1.807, 2.05) is 41.5 Å². The maximum atomic E-state index is 13.7. The van der Waals surface area contributed by atoms with Crippen LogP contribution in [0.15, 0.2) is 0 Å². The van der Waals surface area contributed by atoms with Gasteiger partial charge in [-0.25, -0.2) is 0 Å². The second kappa shape index (κ2) is 8.51. The summed E-state index contributed by atoms with van der Waals surface area (Å²) in [4.78, 5) is 38.5. The highest BCUT2D eigenvalue weighted by Gasteiger charge is 2.58. The number of hydrogen-bond donors (Lipinski definition) is 0. The van der Waals surface area contributed by atoms with Gasteiger partial charge in [-0.05, 0) is 110 Å². The van der Waals surface area contributed by atoms with Gasteiger partial charge >= 0.3 is 17.9 Å². The summed E-state index contributed by atoms with van der Waals surface area (Å²) < 4.78 is 17.5. The SMILES string of the molecule is CCC(C)(CC(C)(C)C(=O)OC(C)(C)C1COC(=O)C1)C(=O)OC1(C)C2CC3CC(C2)CC1C3. The second-order valence-electron chi connectivity index (χ2n) is 13.4. The van der Waals surface area contributed by atoms with Crippen molar-refractivity contribution in [2.45, 2.75) is 111 Å². The number of carbonyl (C=O) groups excluding carboxylic acids is 3. The summed E-state index contributed by atoms with van der Waals surface area (Å²) in [6, 6.07) is 0. The minimum atomic E-state index is -0.879. The monoisotopic (exact) mass is 476 g/mol. The molecule has 0 aromatic carbocycles. The molecule has 0 aromatic heterocycles. The highest BCUT2D eigenvalue weighted by Crippen LogP contribution is 2.60. The molecular weight excluding hydrogens is 432 g/mol. The largest absolute Gasteiger partial charge is 0.465 e. The summed E-state index contributed by atoms with van der Waals surface area (Å²) in [6.45, 7) is 13.7. The number of rotatable bonds is 8. The zero-order valence-corrected chi connectivity index (χ0v) is 22.2. The van der Waals surface area contributed by atoms with Crippen LogP contribution in [0.25, 0.3) is 0 Å². The van der Waals surface area contributed by atoms with E-state index in [4.69, 9.17) is 14.2 Å². The molecule has 2 unspecified atom stereocenters. The summed E-state index contributed by atoms with van der Waals surface area (Å²) in [5.41, 5.74) is -2.87. The second-order valence-corrected chi connectivity index (χ2v) is 13.4. The molecule has 2 atom stereocenters. The zero-order valence-electron chi connectivity index (χ0n) is 22.2. The predicted molar refractivity (Wildman–Crippen MR) is 128 cm³/mol. The maximum absolute atomic E-state index is 13.7. The van der Waals surface area contributed by atoms with Crippen LogP contribution in [0.3, 0.4) is 0 Å². The minimum absolute atomic E-state index is 0.167. The van der Waals surface area contributed by atoms with Crippen LogP contribution in [0.4, 0.5) is 0 Å². The average Bonchev–Trinajstić information content (AvgIpc) is 3.18.